The van der Waals surface area contributed by atoms with Crippen molar-refractivity contribution in [2.75, 3.05) is 0 Å². The molecular weight excluding hydrogens is 211 g/mol. The standard InChI is InChI=1S/C8H9FO6/c1-4(9)6(12)15-8(2,7(13)14)3-5(10)11/h1,3H2,2H3,(H,10,11)(H,13,14). The smallest absolute Gasteiger partial charge is 0.367 e. The molecule has 6 nitrogen and oxygen atoms in total. The van der Waals surface area contributed by atoms with Crippen molar-refractivity contribution in [2.24, 2.45) is 0 Å². The minimum Gasteiger partial charge on any atom is -0.481 e. The van der Waals surface area contributed by atoms with E-state index in [4.69, 9.17) is 10.2 Å². The molecule has 84 valence electrons. The van der Waals surface area contributed by atoms with Crippen molar-refractivity contribution in [2.45, 2.75) is 18.9 Å². The van der Waals surface area contributed by atoms with E-state index in [-0.39, 0.29) is 0 Å². The summed E-state index contributed by atoms with van der Waals surface area (Å²) in [5.74, 6) is -6.26. The second-order valence-electron chi connectivity index (χ2n) is 2.90. The molecule has 0 radical (unpaired) electrons. The van der Waals surface area contributed by atoms with Gasteiger partial charge in [-0.1, -0.05) is 6.58 Å². The van der Waals surface area contributed by atoms with Crippen molar-refractivity contribution in [1.29, 1.82) is 0 Å². The summed E-state index contributed by atoms with van der Waals surface area (Å²) in [7, 11) is 0. The summed E-state index contributed by atoms with van der Waals surface area (Å²) in [6.45, 7) is 3.45. The first kappa shape index (κ1) is 13.1. The van der Waals surface area contributed by atoms with Gasteiger partial charge in [0.05, 0.1) is 6.42 Å². The maximum absolute atomic E-state index is 12.2. The van der Waals surface area contributed by atoms with Crippen LogP contribution in [0.25, 0.3) is 0 Å². The molecule has 0 saturated carbocycles. The second-order valence-corrected chi connectivity index (χ2v) is 2.90. The molecule has 0 aromatic carbocycles. The van der Waals surface area contributed by atoms with E-state index in [0.29, 0.717) is 0 Å². The fourth-order valence-electron chi connectivity index (χ4n) is 0.704. The number of carboxylic acid groups (broad SMARTS) is 2. The Bertz CT molecular complexity index is 323. The van der Waals surface area contributed by atoms with Crippen LogP contribution >= 0.6 is 0 Å². The molecule has 0 aliphatic rings. The highest BCUT2D eigenvalue weighted by molar-refractivity contribution is 5.91. The maximum Gasteiger partial charge on any atom is 0.367 e. The zero-order valence-electron chi connectivity index (χ0n) is 7.82. The predicted octanol–water partition coefficient (Wildman–Crippen LogP) is 0.331. The largest absolute Gasteiger partial charge is 0.481 e. The van der Waals surface area contributed by atoms with Crippen molar-refractivity contribution in [3.05, 3.63) is 12.4 Å². The molecule has 0 spiro atoms. The van der Waals surface area contributed by atoms with Crippen LogP contribution in [0.5, 0.6) is 0 Å². The lowest BCUT2D eigenvalue weighted by atomic mass is 10.0. The number of hydrogen-bond donors (Lipinski definition) is 2. The first-order chi connectivity index (χ1) is 6.69. The van der Waals surface area contributed by atoms with Crippen LogP contribution in [0.15, 0.2) is 12.4 Å². The molecule has 0 amide bonds. The van der Waals surface area contributed by atoms with Crippen LogP contribution in [0.3, 0.4) is 0 Å². The fourth-order valence-corrected chi connectivity index (χ4v) is 0.704. The highest BCUT2D eigenvalue weighted by Crippen LogP contribution is 2.18. The lowest BCUT2D eigenvalue weighted by Crippen LogP contribution is -2.42. The molecule has 1 atom stereocenters. The summed E-state index contributed by atoms with van der Waals surface area (Å²) in [6.07, 6.45) is -0.971. The summed E-state index contributed by atoms with van der Waals surface area (Å²) >= 11 is 0. The first-order valence-corrected chi connectivity index (χ1v) is 3.72. The Labute approximate surface area is 84.0 Å². The third kappa shape index (κ3) is 3.75. The SMILES string of the molecule is C=C(F)C(=O)OC(C)(CC(=O)O)C(=O)O. The van der Waals surface area contributed by atoms with Gasteiger partial charge in [-0.3, -0.25) is 4.79 Å². The number of ether oxygens (including phenoxy) is 1. The number of carboxylic acids is 2. The lowest BCUT2D eigenvalue weighted by Gasteiger charge is -2.22. The molecule has 0 aromatic heterocycles. The van der Waals surface area contributed by atoms with Crippen molar-refractivity contribution < 1.29 is 33.7 Å². The van der Waals surface area contributed by atoms with Crippen LogP contribution in [0, 0.1) is 0 Å². The Kier molecular flexibility index (Phi) is 3.96. The molecule has 0 aliphatic heterocycles. The predicted molar refractivity (Wildman–Crippen MR) is 44.6 cm³/mol. The molecule has 0 aromatic rings. The Morgan fingerprint density at radius 1 is 1.40 bits per heavy atom. The molecule has 0 heterocycles. The minimum absolute atomic E-state index is 0.851. The molecule has 7 heteroatoms. The third-order valence-corrected chi connectivity index (χ3v) is 1.48. The quantitative estimate of drug-likeness (QED) is 0.511. The van der Waals surface area contributed by atoms with Crippen LogP contribution in [0.1, 0.15) is 13.3 Å². The first-order valence-electron chi connectivity index (χ1n) is 3.72. The average molecular weight is 220 g/mol. The van der Waals surface area contributed by atoms with Crippen LogP contribution in [-0.2, 0) is 19.1 Å². The summed E-state index contributed by atoms with van der Waals surface area (Å²) in [6, 6.07) is 0. The van der Waals surface area contributed by atoms with E-state index in [9.17, 15) is 18.8 Å². The van der Waals surface area contributed by atoms with E-state index < -0.39 is 35.8 Å². The summed E-state index contributed by atoms with van der Waals surface area (Å²) in [4.78, 5) is 31.6. The van der Waals surface area contributed by atoms with Gasteiger partial charge < -0.3 is 14.9 Å². The number of rotatable bonds is 5. The fraction of sp³-hybridized carbons (Fsp3) is 0.375. The van der Waals surface area contributed by atoms with Crippen LogP contribution < -0.4 is 0 Å². The number of aliphatic carboxylic acids is 2. The van der Waals surface area contributed by atoms with E-state index in [1.807, 2.05) is 0 Å². The van der Waals surface area contributed by atoms with Gasteiger partial charge in [-0.15, -0.1) is 0 Å². The van der Waals surface area contributed by atoms with E-state index in [1.54, 1.807) is 0 Å². The molecular formula is C8H9FO6. The van der Waals surface area contributed by atoms with E-state index in [1.165, 1.54) is 0 Å². The zero-order valence-corrected chi connectivity index (χ0v) is 7.82. The van der Waals surface area contributed by atoms with Crippen molar-refractivity contribution in [3.8, 4) is 0 Å². The van der Waals surface area contributed by atoms with Crippen molar-refractivity contribution >= 4 is 17.9 Å². The summed E-state index contributed by atoms with van der Waals surface area (Å²) in [5, 5.41) is 17.0. The lowest BCUT2D eigenvalue weighted by molar-refractivity contribution is -0.178. The molecule has 0 aliphatic carbocycles. The Balaban J connectivity index is 4.81. The van der Waals surface area contributed by atoms with E-state index >= 15 is 0 Å². The number of carbonyl (C=O) groups excluding carboxylic acids is 1. The van der Waals surface area contributed by atoms with Crippen molar-refractivity contribution in [1.82, 2.24) is 0 Å². The van der Waals surface area contributed by atoms with Gasteiger partial charge in [0.2, 0.25) is 11.4 Å². The molecule has 1 unspecified atom stereocenters. The Morgan fingerprint density at radius 2 is 1.87 bits per heavy atom. The molecule has 15 heavy (non-hydrogen) atoms. The summed E-state index contributed by atoms with van der Waals surface area (Å²) in [5.41, 5.74) is -2.31. The zero-order chi connectivity index (χ0) is 12.2. The van der Waals surface area contributed by atoms with Gasteiger partial charge in [-0.25, -0.2) is 9.59 Å². The number of halogens is 1. The van der Waals surface area contributed by atoms with Crippen LogP contribution in [-0.4, -0.2) is 33.7 Å². The topological polar surface area (TPSA) is 101 Å². The monoisotopic (exact) mass is 220 g/mol. The van der Waals surface area contributed by atoms with Crippen LogP contribution in [0.4, 0.5) is 4.39 Å². The molecule has 2 N–H and O–H groups in total. The van der Waals surface area contributed by atoms with Crippen molar-refractivity contribution in [3.63, 3.8) is 0 Å². The normalized spacial score (nSPS) is 13.7. The maximum atomic E-state index is 12.2. The molecule has 0 saturated heterocycles. The van der Waals surface area contributed by atoms with Gasteiger partial charge >= 0.3 is 17.9 Å². The van der Waals surface area contributed by atoms with Gasteiger partial charge in [-0.2, -0.15) is 4.39 Å². The number of esters is 1. The highest BCUT2D eigenvalue weighted by Gasteiger charge is 2.40. The molecule has 0 rings (SSSR count). The highest BCUT2D eigenvalue weighted by atomic mass is 19.1. The third-order valence-electron chi connectivity index (χ3n) is 1.48. The Morgan fingerprint density at radius 3 is 2.13 bits per heavy atom. The van der Waals surface area contributed by atoms with Gasteiger partial charge in [0.1, 0.15) is 0 Å². The number of hydrogen-bond acceptors (Lipinski definition) is 4. The van der Waals surface area contributed by atoms with Gasteiger partial charge in [0.15, 0.2) is 0 Å². The van der Waals surface area contributed by atoms with E-state index in [2.05, 4.69) is 11.3 Å². The molecule has 0 fully saturated rings. The van der Waals surface area contributed by atoms with Gasteiger partial charge in [0, 0.05) is 0 Å². The number of carbonyl (C=O) groups is 3. The molecule has 0 bridgehead atoms. The van der Waals surface area contributed by atoms with E-state index in [0.717, 1.165) is 6.92 Å². The Hall–Kier alpha value is -1.92. The second kappa shape index (κ2) is 4.54. The van der Waals surface area contributed by atoms with Crippen LogP contribution in [0.2, 0.25) is 0 Å². The summed E-state index contributed by atoms with van der Waals surface area (Å²) < 4.78 is 16.4. The van der Waals surface area contributed by atoms with Gasteiger partial charge in [-0.05, 0) is 6.92 Å². The van der Waals surface area contributed by atoms with Gasteiger partial charge in [0.25, 0.3) is 0 Å². The minimum atomic E-state index is -2.31. The average Bonchev–Trinajstić information content (AvgIpc) is 2.01.